The molecule has 2 aromatic carbocycles. The molecule has 0 spiro atoms. The smallest absolute Gasteiger partial charge is 0.203 e. The molecule has 2 N–H and O–H groups in total. The van der Waals surface area contributed by atoms with E-state index in [1.165, 1.54) is 33.5 Å². The van der Waals surface area contributed by atoms with Gasteiger partial charge >= 0.3 is 0 Å². The highest BCUT2D eigenvalue weighted by molar-refractivity contribution is 6.31. The second kappa shape index (κ2) is 5.70. The molecule has 130 valence electrons. The maximum Gasteiger partial charge on any atom is 0.203 e. The Hall–Kier alpha value is -3.22. The summed E-state index contributed by atoms with van der Waals surface area (Å²) >= 11 is 0. The van der Waals surface area contributed by atoms with Crippen molar-refractivity contribution in [2.75, 3.05) is 21.3 Å². The van der Waals surface area contributed by atoms with Crippen LogP contribution in [-0.2, 0) is 0 Å². The summed E-state index contributed by atoms with van der Waals surface area (Å²) in [6.07, 6.45) is 0. The fraction of sp³-hybridized carbons (Fsp3) is 0.222. The van der Waals surface area contributed by atoms with Gasteiger partial charge in [0.05, 0.1) is 32.5 Å². The second-order valence-electron chi connectivity index (χ2n) is 5.54. The number of fused-ring (bicyclic) bond motifs is 2. The highest BCUT2D eigenvalue weighted by atomic mass is 16.5. The van der Waals surface area contributed by atoms with E-state index in [-0.39, 0.29) is 45.3 Å². The second-order valence-corrected chi connectivity index (χ2v) is 5.54. The van der Waals surface area contributed by atoms with Crippen LogP contribution in [0.25, 0.3) is 0 Å². The van der Waals surface area contributed by atoms with Crippen molar-refractivity contribution in [3.63, 3.8) is 0 Å². The van der Waals surface area contributed by atoms with Gasteiger partial charge in [-0.05, 0) is 24.6 Å². The Morgan fingerprint density at radius 3 is 1.92 bits per heavy atom. The molecule has 0 aromatic heterocycles. The van der Waals surface area contributed by atoms with Crippen LogP contribution >= 0.6 is 0 Å². The van der Waals surface area contributed by atoms with Crippen LogP contribution in [0.5, 0.6) is 28.7 Å². The molecule has 0 saturated heterocycles. The number of rotatable bonds is 3. The molecule has 0 fully saturated rings. The van der Waals surface area contributed by atoms with Gasteiger partial charge in [-0.15, -0.1) is 0 Å². The highest BCUT2D eigenvalue weighted by Gasteiger charge is 2.38. The lowest BCUT2D eigenvalue weighted by molar-refractivity contribution is 0.0972. The van der Waals surface area contributed by atoms with Gasteiger partial charge in [0.15, 0.2) is 28.8 Å². The Bertz CT molecular complexity index is 928. The minimum atomic E-state index is -0.643. The summed E-state index contributed by atoms with van der Waals surface area (Å²) in [5.41, 5.74) is 0.184. The van der Waals surface area contributed by atoms with E-state index < -0.39 is 17.3 Å². The lowest BCUT2D eigenvalue weighted by Gasteiger charge is -2.23. The predicted molar refractivity (Wildman–Crippen MR) is 87.5 cm³/mol. The van der Waals surface area contributed by atoms with Gasteiger partial charge in [-0.3, -0.25) is 9.59 Å². The van der Waals surface area contributed by atoms with E-state index in [1.54, 1.807) is 6.92 Å². The van der Waals surface area contributed by atoms with Crippen molar-refractivity contribution in [1.82, 2.24) is 0 Å². The first-order valence-corrected chi connectivity index (χ1v) is 7.35. The van der Waals surface area contributed by atoms with Crippen molar-refractivity contribution >= 4 is 11.6 Å². The number of methoxy groups -OCH3 is 3. The van der Waals surface area contributed by atoms with Crippen LogP contribution in [0.4, 0.5) is 0 Å². The van der Waals surface area contributed by atoms with Crippen LogP contribution < -0.4 is 14.2 Å². The first kappa shape index (κ1) is 16.6. The average Bonchev–Trinajstić information content (AvgIpc) is 2.60. The van der Waals surface area contributed by atoms with Gasteiger partial charge in [-0.25, -0.2) is 0 Å². The van der Waals surface area contributed by atoms with Crippen molar-refractivity contribution in [3.8, 4) is 28.7 Å². The first-order chi connectivity index (χ1) is 11.9. The summed E-state index contributed by atoms with van der Waals surface area (Å²) < 4.78 is 15.4. The normalized spacial score (nSPS) is 12.5. The van der Waals surface area contributed by atoms with Gasteiger partial charge in [0.2, 0.25) is 11.5 Å². The molecule has 7 nitrogen and oxygen atoms in total. The van der Waals surface area contributed by atoms with Crippen molar-refractivity contribution in [1.29, 1.82) is 0 Å². The number of phenols is 2. The molecule has 0 atom stereocenters. The van der Waals surface area contributed by atoms with E-state index in [0.717, 1.165) is 0 Å². The SMILES string of the molecule is COc1cc2c(c(O)c1OC)C(=O)c1c(cc(C)c(O)c1OC)C2=O. The van der Waals surface area contributed by atoms with Gasteiger partial charge in [0, 0.05) is 11.1 Å². The summed E-state index contributed by atoms with van der Waals surface area (Å²) in [5, 5.41) is 20.6. The molecule has 3 rings (SSSR count). The Balaban J connectivity index is 2.41. The van der Waals surface area contributed by atoms with Crippen LogP contribution in [0.2, 0.25) is 0 Å². The molecule has 0 heterocycles. The van der Waals surface area contributed by atoms with Crippen LogP contribution in [0, 0.1) is 6.92 Å². The van der Waals surface area contributed by atoms with Crippen molar-refractivity contribution < 1.29 is 34.0 Å². The number of benzene rings is 2. The van der Waals surface area contributed by atoms with Crippen molar-refractivity contribution in [3.05, 3.63) is 39.9 Å². The fourth-order valence-corrected chi connectivity index (χ4v) is 3.03. The van der Waals surface area contributed by atoms with E-state index >= 15 is 0 Å². The van der Waals surface area contributed by atoms with Gasteiger partial charge < -0.3 is 24.4 Å². The molecule has 25 heavy (non-hydrogen) atoms. The Morgan fingerprint density at radius 1 is 0.760 bits per heavy atom. The van der Waals surface area contributed by atoms with Gasteiger partial charge in [-0.1, -0.05) is 0 Å². The molecule has 1 aliphatic carbocycles. The number of carbonyl (C=O) groups excluding carboxylic acids is 2. The van der Waals surface area contributed by atoms with Crippen molar-refractivity contribution in [2.24, 2.45) is 0 Å². The minimum absolute atomic E-state index is 0.000192. The third-order valence-corrected chi connectivity index (χ3v) is 4.24. The number of hydrogen-bond donors (Lipinski definition) is 2. The van der Waals surface area contributed by atoms with Crippen LogP contribution in [0.15, 0.2) is 12.1 Å². The number of ketones is 2. The number of aryl methyl sites for hydroxylation is 1. The maximum absolute atomic E-state index is 13.0. The molecule has 0 aliphatic heterocycles. The predicted octanol–water partition coefficient (Wildman–Crippen LogP) is 2.21. The maximum atomic E-state index is 13.0. The largest absolute Gasteiger partial charge is 0.504 e. The van der Waals surface area contributed by atoms with Crippen molar-refractivity contribution in [2.45, 2.75) is 6.92 Å². The van der Waals surface area contributed by atoms with E-state index in [2.05, 4.69) is 0 Å². The monoisotopic (exact) mass is 344 g/mol. The molecule has 2 aromatic rings. The van der Waals surface area contributed by atoms with Crippen LogP contribution in [-0.4, -0.2) is 43.1 Å². The molecule has 7 heteroatoms. The van der Waals surface area contributed by atoms with E-state index in [0.29, 0.717) is 5.56 Å². The summed E-state index contributed by atoms with van der Waals surface area (Å²) in [7, 11) is 3.96. The summed E-state index contributed by atoms with van der Waals surface area (Å²) in [4.78, 5) is 25.9. The topological polar surface area (TPSA) is 102 Å². The number of carbonyl (C=O) groups is 2. The molecule has 0 unspecified atom stereocenters. The number of aromatic hydroxyl groups is 2. The standard InChI is InChI=1S/C18H16O7/c1-7-5-8-12(18(25-4)13(7)19)15(21)11-9(14(8)20)6-10(23-2)17(24-3)16(11)22/h5-6,19,22H,1-4H3. The molecule has 0 saturated carbocycles. The van der Waals surface area contributed by atoms with Gasteiger partial charge in [0.1, 0.15) is 0 Å². The van der Waals surface area contributed by atoms with Gasteiger partial charge in [-0.2, -0.15) is 0 Å². The lowest BCUT2D eigenvalue weighted by atomic mass is 9.81. The zero-order valence-electron chi connectivity index (χ0n) is 14.1. The van der Waals surface area contributed by atoms with E-state index in [9.17, 15) is 19.8 Å². The zero-order valence-corrected chi connectivity index (χ0v) is 14.1. The van der Waals surface area contributed by atoms with Crippen LogP contribution in [0.3, 0.4) is 0 Å². The Morgan fingerprint density at radius 2 is 1.36 bits per heavy atom. The van der Waals surface area contributed by atoms with E-state index in [1.807, 2.05) is 0 Å². The molecule has 0 amide bonds. The zero-order chi connectivity index (χ0) is 18.5. The Kier molecular flexibility index (Phi) is 3.79. The highest BCUT2D eigenvalue weighted by Crippen LogP contribution is 2.47. The van der Waals surface area contributed by atoms with Crippen LogP contribution in [0.1, 0.15) is 37.4 Å². The average molecular weight is 344 g/mol. The van der Waals surface area contributed by atoms with Gasteiger partial charge in [0.25, 0.3) is 0 Å². The summed E-state index contributed by atoms with van der Waals surface area (Å²) in [5.74, 6) is -1.88. The minimum Gasteiger partial charge on any atom is -0.504 e. The molecular formula is C18H16O7. The summed E-state index contributed by atoms with van der Waals surface area (Å²) in [6, 6.07) is 2.77. The molecular weight excluding hydrogens is 328 g/mol. The fourth-order valence-electron chi connectivity index (χ4n) is 3.03. The quantitative estimate of drug-likeness (QED) is 0.751. The first-order valence-electron chi connectivity index (χ1n) is 7.35. The third kappa shape index (κ3) is 2.12. The number of hydrogen-bond acceptors (Lipinski definition) is 7. The molecule has 1 aliphatic rings. The van der Waals surface area contributed by atoms with E-state index in [4.69, 9.17) is 14.2 Å². The third-order valence-electron chi connectivity index (χ3n) is 4.24. The molecule has 0 bridgehead atoms. The molecule has 0 radical (unpaired) electrons. The number of ether oxygens (including phenoxy) is 3. The summed E-state index contributed by atoms with van der Waals surface area (Å²) in [6.45, 7) is 1.59. The lowest BCUT2D eigenvalue weighted by Crippen LogP contribution is -2.22. The Labute approximate surface area is 143 Å². The number of phenolic OH excluding ortho intramolecular Hbond substituents is 2.